The van der Waals surface area contributed by atoms with Gasteiger partial charge < -0.3 is 0 Å². The number of rotatable bonds is 4. The number of nitrogens with one attached hydrogen (secondary N) is 1. The molecule has 0 saturated heterocycles. The van der Waals surface area contributed by atoms with Crippen molar-refractivity contribution < 1.29 is 4.79 Å². The molecule has 5 nitrogen and oxygen atoms in total. The first-order valence-corrected chi connectivity index (χ1v) is 8.18. The number of benzene rings is 1. The zero-order valence-corrected chi connectivity index (χ0v) is 13.7. The van der Waals surface area contributed by atoms with E-state index in [4.69, 9.17) is 0 Å². The van der Waals surface area contributed by atoms with Gasteiger partial charge in [-0.05, 0) is 18.9 Å². The number of hydrogen-bond donors (Lipinski definition) is 1. The molecule has 0 spiro atoms. The summed E-state index contributed by atoms with van der Waals surface area (Å²) in [5.74, 6) is -0.306. The summed E-state index contributed by atoms with van der Waals surface area (Å²) in [7, 11) is 0. The first-order valence-electron chi connectivity index (χ1n) is 7.30. The van der Waals surface area contributed by atoms with Crippen LogP contribution in [-0.4, -0.2) is 20.9 Å². The van der Waals surface area contributed by atoms with Crippen LogP contribution in [0.5, 0.6) is 0 Å². The fourth-order valence-electron chi connectivity index (χ4n) is 2.05. The number of aromatic nitrogens is 3. The highest BCUT2D eigenvalue weighted by Gasteiger charge is 2.11. The summed E-state index contributed by atoms with van der Waals surface area (Å²) < 4.78 is 0. The van der Waals surface area contributed by atoms with E-state index in [2.05, 4.69) is 39.3 Å². The van der Waals surface area contributed by atoms with E-state index in [0.717, 1.165) is 23.4 Å². The zero-order chi connectivity index (χ0) is 16.2. The monoisotopic (exact) mass is 324 g/mol. The van der Waals surface area contributed by atoms with E-state index in [1.807, 2.05) is 24.4 Å². The van der Waals surface area contributed by atoms with Crippen LogP contribution in [0.15, 0.2) is 42.0 Å². The molecule has 0 radical (unpaired) electrons. The first-order chi connectivity index (χ1) is 11.2. The lowest BCUT2D eigenvalue weighted by molar-refractivity contribution is 0.102. The summed E-state index contributed by atoms with van der Waals surface area (Å²) >= 11 is 1.39. The summed E-state index contributed by atoms with van der Waals surface area (Å²) in [5.41, 5.74) is 4.22. The highest BCUT2D eigenvalue weighted by atomic mass is 32.1. The predicted molar refractivity (Wildman–Crippen MR) is 91.7 cm³/mol. The van der Waals surface area contributed by atoms with Crippen LogP contribution in [0, 0.1) is 6.92 Å². The van der Waals surface area contributed by atoms with Crippen molar-refractivity contribution in [3.8, 4) is 11.3 Å². The van der Waals surface area contributed by atoms with E-state index < -0.39 is 0 Å². The minimum Gasteiger partial charge on any atom is -0.296 e. The van der Waals surface area contributed by atoms with Crippen LogP contribution in [0.2, 0.25) is 0 Å². The minimum absolute atomic E-state index is 0.277. The van der Waals surface area contributed by atoms with Crippen molar-refractivity contribution in [3.63, 3.8) is 0 Å². The van der Waals surface area contributed by atoms with Gasteiger partial charge in [0.05, 0.1) is 17.6 Å². The fourth-order valence-corrected chi connectivity index (χ4v) is 2.76. The molecule has 116 valence electrons. The van der Waals surface area contributed by atoms with Gasteiger partial charge in [0.1, 0.15) is 5.69 Å². The molecule has 0 fully saturated rings. The third kappa shape index (κ3) is 3.60. The molecule has 0 aliphatic rings. The number of aryl methyl sites for hydroxylation is 2. The van der Waals surface area contributed by atoms with Gasteiger partial charge in [-0.15, -0.1) is 11.3 Å². The molecular weight excluding hydrogens is 308 g/mol. The predicted octanol–water partition coefficient (Wildman–Crippen LogP) is 3.72. The molecule has 1 amide bonds. The molecule has 1 N–H and O–H groups in total. The second kappa shape index (κ2) is 6.66. The van der Waals surface area contributed by atoms with Gasteiger partial charge in [0, 0.05) is 17.1 Å². The summed E-state index contributed by atoms with van der Waals surface area (Å²) in [6, 6.07) is 8.28. The topological polar surface area (TPSA) is 67.8 Å². The molecule has 0 unspecified atom stereocenters. The number of amides is 1. The second-order valence-electron chi connectivity index (χ2n) is 5.09. The Morgan fingerprint density at radius 1 is 1.17 bits per heavy atom. The molecule has 0 aliphatic heterocycles. The lowest BCUT2D eigenvalue weighted by Gasteiger charge is -2.01. The van der Waals surface area contributed by atoms with Crippen LogP contribution < -0.4 is 5.32 Å². The Balaban J connectivity index is 1.73. The number of carbonyl (C=O) groups is 1. The van der Waals surface area contributed by atoms with E-state index in [-0.39, 0.29) is 11.6 Å². The molecule has 1 aromatic carbocycles. The largest absolute Gasteiger partial charge is 0.296 e. The van der Waals surface area contributed by atoms with Crippen molar-refractivity contribution in [2.24, 2.45) is 0 Å². The smallest absolute Gasteiger partial charge is 0.277 e. The molecule has 3 aromatic rings. The summed E-state index contributed by atoms with van der Waals surface area (Å²) in [6.45, 7) is 3.95. The minimum atomic E-state index is -0.306. The highest BCUT2D eigenvalue weighted by molar-refractivity contribution is 7.14. The first kappa shape index (κ1) is 15.3. The van der Waals surface area contributed by atoms with E-state index in [1.165, 1.54) is 23.1 Å². The quantitative estimate of drug-likeness (QED) is 0.794. The van der Waals surface area contributed by atoms with Gasteiger partial charge in [-0.25, -0.2) is 9.97 Å². The van der Waals surface area contributed by atoms with Gasteiger partial charge >= 0.3 is 0 Å². The van der Waals surface area contributed by atoms with Gasteiger partial charge in [-0.1, -0.05) is 31.2 Å². The molecule has 23 heavy (non-hydrogen) atoms. The molecule has 2 aromatic heterocycles. The maximum Gasteiger partial charge on any atom is 0.277 e. The van der Waals surface area contributed by atoms with Crippen molar-refractivity contribution in [3.05, 3.63) is 59.0 Å². The van der Waals surface area contributed by atoms with Gasteiger partial charge in [-0.3, -0.25) is 15.1 Å². The van der Waals surface area contributed by atoms with E-state index in [1.54, 1.807) is 6.20 Å². The molecule has 3 rings (SSSR count). The van der Waals surface area contributed by atoms with Gasteiger partial charge in [0.25, 0.3) is 5.91 Å². The number of nitrogens with zero attached hydrogens (tertiary/aromatic N) is 3. The highest BCUT2D eigenvalue weighted by Crippen LogP contribution is 2.25. The molecule has 0 bridgehead atoms. The Morgan fingerprint density at radius 2 is 1.96 bits per heavy atom. The molecule has 0 atom stereocenters. The van der Waals surface area contributed by atoms with Crippen molar-refractivity contribution in [2.45, 2.75) is 20.3 Å². The third-order valence-corrected chi connectivity index (χ3v) is 4.15. The van der Waals surface area contributed by atoms with E-state index in [0.29, 0.717) is 5.13 Å². The SMILES string of the molecule is CCc1ccc(-c2csc(NC(=O)c3cnc(C)cn3)n2)cc1. The molecule has 0 aliphatic carbocycles. The normalized spacial score (nSPS) is 10.5. The van der Waals surface area contributed by atoms with Crippen molar-refractivity contribution in [1.29, 1.82) is 0 Å². The van der Waals surface area contributed by atoms with Gasteiger partial charge in [0.15, 0.2) is 5.13 Å². The Labute approximate surface area is 138 Å². The zero-order valence-electron chi connectivity index (χ0n) is 12.9. The Morgan fingerprint density at radius 3 is 2.61 bits per heavy atom. The summed E-state index contributed by atoms with van der Waals surface area (Å²) in [4.78, 5) is 24.7. The molecule has 6 heteroatoms. The van der Waals surface area contributed by atoms with Gasteiger partial charge in [0.2, 0.25) is 0 Å². The molecule has 0 saturated carbocycles. The lowest BCUT2D eigenvalue weighted by atomic mass is 10.1. The van der Waals surface area contributed by atoms with Crippen LogP contribution >= 0.6 is 11.3 Å². The van der Waals surface area contributed by atoms with Crippen molar-refractivity contribution in [2.75, 3.05) is 5.32 Å². The molecular formula is C17H16N4OS. The second-order valence-corrected chi connectivity index (χ2v) is 5.94. The fraction of sp³-hybridized carbons (Fsp3) is 0.176. The summed E-state index contributed by atoms with van der Waals surface area (Å²) in [6.07, 6.45) is 4.04. The van der Waals surface area contributed by atoms with E-state index >= 15 is 0 Å². The van der Waals surface area contributed by atoms with E-state index in [9.17, 15) is 4.79 Å². The van der Waals surface area contributed by atoms with Crippen molar-refractivity contribution >= 4 is 22.4 Å². The average molecular weight is 324 g/mol. The van der Waals surface area contributed by atoms with Crippen LogP contribution in [0.4, 0.5) is 5.13 Å². The third-order valence-electron chi connectivity index (χ3n) is 3.40. The number of anilines is 1. The average Bonchev–Trinajstić information content (AvgIpc) is 3.04. The Hall–Kier alpha value is -2.60. The number of thiazole rings is 1. The van der Waals surface area contributed by atoms with Crippen LogP contribution in [-0.2, 0) is 6.42 Å². The summed E-state index contributed by atoms with van der Waals surface area (Å²) in [5, 5.41) is 5.23. The Bertz CT molecular complexity index is 809. The van der Waals surface area contributed by atoms with Crippen molar-refractivity contribution in [1.82, 2.24) is 15.0 Å². The standard InChI is InChI=1S/C17H16N4OS/c1-3-12-4-6-13(7-5-12)15-10-23-17(20-15)21-16(22)14-9-18-11(2)8-19-14/h4-10H,3H2,1-2H3,(H,20,21,22). The van der Waals surface area contributed by atoms with Crippen LogP contribution in [0.1, 0.15) is 28.7 Å². The lowest BCUT2D eigenvalue weighted by Crippen LogP contribution is -2.13. The maximum atomic E-state index is 12.1. The number of hydrogen-bond acceptors (Lipinski definition) is 5. The number of carbonyl (C=O) groups excluding carboxylic acids is 1. The van der Waals surface area contributed by atoms with Crippen LogP contribution in [0.25, 0.3) is 11.3 Å². The Kier molecular flexibility index (Phi) is 4.43. The maximum absolute atomic E-state index is 12.1. The molecule has 2 heterocycles. The van der Waals surface area contributed by atoms with Gasteiger partial charge in [-0.2, -0.15) is 0 Å². The van der Waals surface area contributed by atoms with Crippen LogP contribution in [0.3, 0.4) is 0 Å².